The first-order chi connectivity index (χ1) is 9.32. The molecule has 0 fully saturated rings. The second-order valence-corrected chi connectivity index (χ2v) is 4.26. The van der Waals surface area contributed by atoms with Crippen LogP contribution in [0.15, 0.2) is 24.3 Å². The Morgan fingerprint density at radius 2 is 1.55 bits per heavy atom. The van der Waals surface area contributed by atoms with Crippen LogP contribution in [0.3, 0.4) is 0 Å². The van der Waals surface area contributed by atoms with Gasteiger partial charge in [0.05, 0.1) is 5.56 Å². The molecule has 0 amide bonds. The first-order valence-electron chi connectivity index (χ1n) is 5.60. The van der Waals surface area contributed by atoms with Gasteiger partial charge in [-0.2, -0.15) is 4.39 Å². The molecule has 0 aliphatic rings. The minimum absolute atomic E-state index is 0.119. The Hall–Kier alpha value is -2.76. The highest BCUT2D eigenvalue weighted by Gasteiger charge is 2.20. The van der Waals surface area contributed by atoms with E-state index in [9.17, 15) is 24.5 Å². The van der Waals surface area contributed by atoms with Gasteiger partial charge in [-0.15, -0.1) is 0 Å². The standard InChI is InChI=1S/C14H11FO5/c1-6-10(17)4-7(5-11(6)18)13(19)8-2-3-9(16)12(15)14(8)20/h2-5,16-18,20H,1H3. The summed E-state index contributed by atoms with van der Waals surface area (Å²) in [6.45, 7) is 1.45. The third kappa shape index (κ3) is 2.11. The van der Waals surface area contributed by atoms with E-state index in [1.54, 1.807) is 0 Å². The van der Waals surface area contributed by atoms with Crippen molar-refractivity contribution in [1.82, 2.24) is 0 Å². The maximum atomic E-state index is 13.3. The molecular weight excluding hydrogens is 267 g/mol. The molecule has 0 bridgehead atoms. The smallest absolute Gasteiger partial charge is 0.207 e. The lowest BCUT2D eigenvalue weighted by Crippen LogP contribution is -2.03. The molecule has 0 aliphatic carbocycles. The zero-order valence-corrected chi connectivity index (χ0v) is 10.4. The number of ketones is 1. The first-order valence-corrected chi connectivity index (χ1v) is 5.60. The molecule has 0 atom stereocenters. The van der Waals surface area contributed by atoms with Crippen LogP contribution in [-0.2, 0) is 0 Å². The SMILES string of the molecule is Cc1c(O)cc(C(=O)c2ccc(O)c(F)c2O)cc1O. The van der Waals surface area contributed by atoms with Crippen molar-refractivity contribution in [2.45, 2.75) is 6.92 Å². The van der Waals surface area contributed by atoms with Crippen molar-refractivity contribution in [3.05, 3.63) is 46.8 Å². The van der Waals surface area contributed by atoms with Crippen LogP contribution >= 0.6 is 0 Å². The zero-order chi connectivity index (χ0) is 15.0. The predicted molar refractivity (Wildman–Crippen MR) is 67.7 cm³/mol. The van der Waals surface area contributed by atoms with E-state index in [2.05, 4.69) is 0 Å². The number of hydrogen-bond acceptors (Lipinski definition) is 5. The molecule has 0 saturated heterocycles. The summed E-state index contributed by atoms with van der Waals surface area (Å²) in [4.78, 5) is 12.1. The van der Waals surface area contributed by atoms with E-state index in [0.29, 0.717) is 0 Å². The lowest BCUT2D eigenvalue weighted by Gasteiger charge is -2.08. The van der Waals surface area contributed by atoms with Crippen molar-refractivity contribution in [2.75, 3.05) is 0 Å². The number of phenols is 4. The van der Waals surface area contributed by atoms with Gasteiger partial charge >= 0.3 is 0 Å². The van der Waals surface area contributed by atoms with Gasteiger partial charge in [0.25, 0.3) is 0 Å². The molecule has 20 heavy (non-hydrogen) atoms. The number of halogens is 1. The van der Waals surface area contributed by atoms with Gasteiger partial charge in [-0.05, 0) is 31.2 Å². The Morgan fingerprint density at radius 1 is 1.00 bits per heavy atom. The van der Waals surface area contributed by atoms with Gasteiger partial charge in [0.15, 0.2) is 17.3 Å². The second kappa shape index (κ2) is 4.73. The predicted octanol–water partition coefficient (Wildman–Crippen LogP) is 2.19. The molecule has 0 aliphatic heterocycles. The summed E-state index contributed by atoms with van der Waals surface area (Å²) in [5.41, 5.74) is -0.309. The van der Waals surface area contributed by atoms with Crippen LogP contribution in [-0.4, -0.2) is 26.2 Å². The molecule has 0 saturated carbocycles. The Labute approximate surface area is 113 Å². The Bertz CT molecular complexity index is 686. The van der Waals surface area contributed by atoms with Gasteiger partial charge in [-0.25, -0.2) is 0 Å². The average molecular weight is 278 g/mol. The van der Waals surface area contributed by atoms with E-state index in [-0.39, 0.29) is 28.2 Å². The summed E-state index contributed by atoms with van der Waals surface area (Å²) in [6.07, 6.45) is 0. The van der Waals surface area contributed by atoms with Crippen LogP contribution in [0.5, 0.6) is 23.0 Å². The summed E-state index contributed by atoms with van der Waals surface area (Å²) in [7, 11) is 0. The van der Waals surface area contributed by atoms with Crippen molar-refractivity contribution < 1.29 is 29.6 Å². The van der Waals surface area contributed by atoms with Gasteiger partial charge < -0.3 is 20.4 Å². The molecule has 2 aromatic rings. The van der Waals surface area contributed by atoms with E-state index in [1.165, 1.54) is 6.92 Å². The minimum atomic E-state index is -1.31. The number of carbonyl (C=O) groups is 1. The van der Waals surface area contributed by atoms with E-state index >= 15 is 0 Å². The number of aromatic hydroxyl groups is 4. The second-order valence-electron chi connectivity index (χ2n) is 4.26. The van der Waals surface area contributed by atoms with Gasteiger partial charge in [-0.1, -0.05) is 0 Å². The van der Waals surface area contributed by atoms with Crippen LogP contribution in [0, 0.1) is 12.7 Å². The highest BCUT2D eigenvalue weighted by molar-refractivity contribution is 6.11. The van der Waals surface area contributed by atoms with Crippen LogP contribution in [0.1, 0.15) is 21.5 Å². The van der Waals surface area contributed by atoms with Crippen LogP contribution in [0.2, 0.25) is 0 Å². The number of phenolic OH excluding ortho intramolecular Hbond substituents is 4. The normalized spacial score (nSPS) is 10.5. The summed E-state index contributed by atoms with van der Waals surface area (Å²) in [5, 5.41) is 37.7. The van der Waals surface area contributed by atoms with Crippen molar-refractivity contribution in [1.29, 1.82) is 0 Å². The number of hydrogen-bond donors (Lipinski definition) is 4. The molecule has 4 N–H and O–H groups in total. The molecular formula is C14H11FO5. The molecule has 0 radical (unpaired) electrons. The highest BCUT2D eigenvalue weighted by atomic mass is 19.1. The molecule has 0 spiro atoms. The van der Waals surface area contributed by atoms with Crippen molar-refractivity contribution in [3.8, 4) is 23.0 Å². The summed E-state index contributed by atoms with van der Waals surface area (Å²) in [5.74, 6) is -4.48. The quantitative estimate of drug-likeness (QED) is 0.631. The third-order valence-corrected chi connectivity index (χ3v) is 2.96. The number of carbonyl (C=O) groups excluding carboxylic acids is 1. The van der Waals surface area contributed by atoms with E-state index < -0.39 is 23.1 Å². The van der Waals surface area contributed by atoms with Gasteiger partial charge in [-0.3, -0.25) is 4.79 Å². The van der Waals surface area contributed by atoms with Crippen LogP contribution < -0.4 is 0 Å². The molecule has 2 aromatic carbocycles. The topological polar surface area (TPSA) is 98.0 Å². The summed E-state index contributed by atoms with van der Waals surface area (Å²) in [6, 6.07) is 4.17. The Morgan fingerprint density at radius 3 is 2.10 bits per heavy atom. The number of rotatable bonds is 2. The Kier molecular flexibility index (Phi) is 3.23. The third-order valence-electron chi connectivity index (χ3n) is 2.96. The molecule has 104 valence electrons. The maximum Gasteiger partial charge on any atom is 0.207 e. The van der Waals surface area contributed by atoms with E-state index in [0.717, 1.165) is 24.3 Å². The Balaban J connectivity index is 2.55. The van der Waals surface area contributed by atoms with E-state index in [4.69, 9.17) is 5.11 Å². The maximum absolute atomic E-state index is 13.3. The summed E-state index contributed by atoms with van der Waals surface area (Å²) >= 11 is 0. The zero-order valence-electron chi connectivity index (χ0n) is 10.4. The molecule has 6 heteroatoms. The van der Waals surface area contributed by atoms with E-state index in [1.807, 2.05) is 0 Å². The lowest BCUT2D eigenvalue weighted by atomic mass is 10.00. The number of benzene rings is 2. The van der Waals surface area contributed by atoms with Gasteiger partial charge in [0, 0.05) is 11.1 Å². The molecule has 2 rings (SSSR count). The lowest BCUT2D eigenvalue weighted by molar-refractivity contribution is 0.103. The fourth-order valence-electron chi connectivity index (χ4n) is 1.71. The molecule has 0 unspecified atom stereocenters. The summed E-state index contributed by atoms with van der Waals surface area (Å²) < 4.78 is 13.3. The van der Waals surface area contributed by atoms with Crippen LogP contribution in [0.4, 0.5) is 4.39 Å². The van der Waals surface area contributed by atoms with Crippen LogP contribution in [0.25, 0.3) is 0 Å². The molecule has 0 aromatic heterocycles. The van der Waals surface area contributed by atoms with Crippen molar-refractivity contribution in [2.24, 2.45) is 0 Å². The van der Waals surface area contributed by atoms with Crippen molar-refractivity contribution in [3.63, 3.8) is 0 Å². The fraction of sp³-hybridized carbons (Fsp3) is 0.0714. The fourth-order valence-corrected chi connectivity index (χ4v) is 1.71. The highest BCUT2D eigenvalue weighted by Crippen LogP contribution is 2.33. The van der Waals surface area contributed by atoms with Gasteiger partial charge in [0.2, 0.25) is 5.82 Å². The van der Waals surface area contributed by atoms with Gasteiger partial charge in [0.1, 0.15) is 11.5 Å². The largest absolute Gasteiger partial charge is 0.508 e. The molecule has 0 heterocycles. The monoisotopic (exact) mass is 278 g/mol. The molecule has 5 nitrogen and oxygen atoms in total. The average Bonchev–Trinajstić information content (AvgIpc) is 2.41. The van der Waals surface area contributed by atoms with Crippen molar-refractivity contribution >= 4 is 5.78 Å². The minimum Gasteiger partial charge on any atom is -0.508 e. The first kappa shape index (κ1) is 13.7.